The van der Waals surface area contributed by atoms with Gasteiger partial charge in [-0.25, -0.2) is 4.79 Å². The molecule has 0 aliphatic carbocycles. The van der Waals surface area contributed by atoms with Crippen LogP contribution in [0.1, 0.15) is 6.92 Å². The fraction of sp³-hybridized carbons (Fsp3) is 0.375. The lowest BCUT2D eigenvalue weighted by atomic mass is 10.3. The van der Waals surface area contributed by atoms with Crippen molar-refractivity contribution < 1.29 is 14.3 Å². The molecule has 0 unspecified atom stereocenters. The Kier molecular flexibility index (Phi) is 4.03. The third-order valence-corrected chi connectivity index (χ3v) is 0.984. The van der Waals surface area contributed by atoms with E-state index in [4.69, 9.17) is 4.74 Å². The standard InChI is InChI=1S/C8H12O3/c1-6(2)5-7(10-3)8(9)11-4/h5H,1H2,2-4H3. The van der Waals surface area contributed by atoms with E-state index in [0.29, 0.717) is 0 Å². The Hall–Kier alpha value is -1.25. The molecule has 0 aromatic heterocycles. The Morgan fingerprint density at radius 2 is 1.91 bits per heavy atom. The first kappa shape index (κ1) is 9.75. The van der Waals surface area contributed by atoms with Crippen LogP contribution in [0.5, 0.6) is 0 Å². The zero-order valence-corrected chi connectivity index (χ0v) is 7.01. The Morgan fingerprint density at radius 1 is 1.36 bits per heavy atom. The molecule has 3 nitrogen and oxygen atoms in total. The van der Waals surface area contributed by atoms with Crippen LogP contribution in [-0.2, 0) is 14.3 Å². The maximum absolute atomic E-state index is 10.8. The van der Waals surface area contributed by atoms with E-state index in [9.17, 15) is 4.79 Å². The first-order valence-electron chi connectivity index (χ1n) is 3.11. The van der Waals surface area contributed by atoms with E-state index in [-0.39, 0.29) is 5.76 Å². The maximum atomic E-state index is 10.8. The lowest BCUT2D eigenvalue weighted by Gasteiger charge is -2.02. The molecule has 0 aromatic carbocycles. The zero-order valence-electron chi connectivity index (χ0n) is 7.01. The molecule has 0 aliphatic rings. The van der Waals surface area contributed by atoms with Crippen molar-refractivity contribution in [2.75, 3.05) is 14.2 Å². The normalized spacial score (nSPS) is 10.6. The van der Waals surface area contributed by atoms with Crippen molar-refractivity contribution in [3.05, 3.63) is 24.0 Å². The minimum atomic E-state index is -0.490. The molecule has 0 fully saturated rings. The van der Waals surface area contributed by atoms with Crippen molar-refractivity contribution in [2.45, 2.75) is 6.92 Å². The van der Waals surface area contributed by atoms with Crippen molar-refractivity contribution in [3.8, 4) is 0 Å². The second-order valence-corrected chi connectivity index (χ2v) is 2.05. The third-order valence-electron chi connectivity index (χ3n) is 0.984. The number of carbonyl (C=O) groups excluding carboxylic acids is 1. The largest absolute Gasteiger partial charge is 0.490 e. The highest BCUT2D eigenvalue weighted by Crippen LogP contribution is 2.02. The number of allylic oxidation sites excluding steroid dienone is 2. The lowest BCUT2D eigenvalue weighted by Crippen LogP contribution is -2.06. The van der Waals surface area contributed by atoms with Crippen LogP contribution < -0.4 is 0 Å². The molecule has 0 aliphatic heterocycles. The van der Waals surface area contributed by atoms with Crippen LogP contribution >= 0.6 is 0 Å². The Morgan fingerprint density at radius 3 is 2.18 bits per heavy atom. The Bertz CT molecular complexity index is 192. The van der Waals surface area contributed by atoms with Gasteiger partial charge in [-0.15, -0.1) is 0 Å². The van der Waals surface area contributed by atoms with Gasteiger partial charge in [-0.3, -0.25) is 0 Å². The van der Waals surface area contributed by atoms with Gasteiger partial charge < -0.3 is 9.47 Å². The maximum Gasteiger partial charge on any atom is 0.373 e. The molecule has 0 radical (unpaired) electrons. The van der Waals surface area contributed by atoms with Crippen LogP contribution in [0.25, 0.3) is 0 Å². The topological polar surface area (TPSA) is 35.5 Å². The molecule has 0 spiro atoms. The molecular weight excluding hydrogens is 144 g/mol. The van der Waals surface area contributed by atoms with Gasteiger partial charge in [-0.05, 0) is 13.0 Å². The van der Waals surface area contributed by atoms with Crippen LogP contribution in [0.15, 0.2) is 24.0 Å². The summed E-state index contributed by atoms with van der Waals surface area (Å²) in [5.74, 6) is -0.324. The van der Waals surface area contributed by atoms with Crippen molar-refractivity contribution in [3.63, 3.8) is 0 Å². The van der Waals surface area contributed by atoms with Crippen molar-refractivity contribution in [1.82, 2.24) is 0 Å². The molecule has 0 bridgehead atoms. The van der Waals surface area contributed by atoms with Gasteiger partial charge in [0.05, 0.1) is 14.2 Å². The predicted molar refractivity (Wildman–Crippen MR) is 41.9 cm³/mol. The predicted octanol–water partition coefficient (Wildman–Crippen LogP) is 1.27. The van der Waals surface area contributed by atoms with E-state index in [1.165, 1.54) is 20.3 Å². The summed E-state index contributed by atoms with van der Waals surface area (Å²) in [5.41, 5.74) is 0.743. The van der Waals surface area contributed by atoms with E-state index in [0.717, 1.165) is 5.57 Å². The Labute approximate surface area is 66.3 Å². The molecule has 0 atom stereocenters. The molecular formula is C8H12O3. The monoisotopic (exact) mass is 156 g/mol. The molecule has 0 saturated heterocycles. The van der Waals surface area contributed by atoms with Gasteiger partial charge in [-0.2, -0.15) is 0 Å². The van der Waals surface area contributed by atoms with Crippen LogP contribution in [-0.4, -0.2) is 20.2 Å². The molecule has 0 N–H and O–H groups in total. The van der Waals surface area contributed by atoms with Gasteiger partial charge >= 0.3 is 5.97 Å². The van der Waals surface area contributed by atoms with E-state index in [2.05, 4.69) is 11.3 Å². The molecule has 0 aromatic rings. The van der Waals surface area contributed by atoms with Gasteiger partial charge in [0.2, 0.25) is 5.76 Å². The molecule has 11 heavy (non-hydrogen) atoms. The number of rotatable bonds is 3. The Balaban J connectivity index is 4.39. The highest BCUT2D eigenvalue weighted by Gasteiger charge is 2.07. The smallest absolute Gasteiger partial charge is 0.373 e. The summed E-state index contributed by atoms with van der Waals surface area (Å²) < 4.78 is 9.17. The molecule has 0 heterocycles. The van der Waals surface area contributed by atoms with Crippen LogP contribution in [0.3, 0.4) is 0 Å². The second-order valence-electron chi connectivity index (χ2n) is 2.05. The minimum absolute atomic E-state index is 0.167. The third kappa shape index (κ3) is 3.45. The molecule has 0 saturated carbocycles. The number of hydrogen-bond acceptors (Lipinski definition) is 3. The summed E-state index contributed by atoms with van der Waals surface area (Å²) in [4.78, 5) is 10.8. The fourth-order valence-corrected chi connectivity index (χ4v) is 0.526. The summed E-state index contributed by atoms with van der Waals surface area (Å²) in [6, 6.07) is 0. The van der Waals surface area contributed by atoms with E-state index < -0.39 is 5.97 Å². The quantitative estimate of drug-likeness (QED) is 0.267. The van der Waals surface area contributed by atoms with E-state index in [1.54, 1.807) is 6.92 Å². The van der Waals surface area contributed by atoms with Crippen LogP contribution in [0.4, 0.5) is 0 Å². The minimum Gasteiger partial charge on any atom is -0.490 e. The van der Waals surface area contributed by atoms with Gasteiger partial charge in [0.15, 0.2) is 0 Å². The van der Waals surface area contributed by atoms with Gasteiger partial charge in [0.1, 0.15) is 0 Å². The zero-order chi connectivity index (χ0) is 8.85. The summed E-state index contributed by atoms with van der Waals surface area (Å²) in [5, 5.41) is 0. The number of methoxy groups -OCH3 is 2. The number of esters is 1. The molecule has 0 amide bonds. The first-order valence-corrected chi connectivity index (χ1v) is 3.11. The number of hydrogen-bond donors (Lipinski definition) is 0. The van der Waals surface area contributed by atoms with Crippen LogP contribution in [0, 0.1) is 0 Å². The van der Waals surface area contributed by atoms with Crippen molar-refractivity contribution >= 4 is 5.97 Å². The van der Waals surface area contributed by atoms with Gasteiger partial charge in [-0.1, -0.05) is 12.2 Å². The summed E-state index contributed by atoms with van der Waals surface area (Å²) in [6.45, 7) is 5.36. The fourth-order valence-electron chi connectivity index (χ4n) is 0.526. The summed E-state index contributed by atoms with van der Waals surface area (Å²) in [6.07, 6.45) is 1.52. The molecule has 62 valence electrons. The van der Waals surface area contributed by atoms with Crippen molar-refractivity contribution in [2.24, 2.45) is 0 Å². The van der Waals surface area contributed by atoms with E-state index >= 15 is 0 Å². The number of carbonyl (C=O) groups is 1. The number of ether oxygens (including phenoxy) is 2. The van der Waals surface area contributed by atoms with Gasteiger partial charge in [0.25, 0.3) is 0 Å². The molecule has 3 heteroatoms. The highest BCUT2D eigenvalue weighted by molar-refractivity contribution is 5.86. The highest BCUT2D eigenvalue weighted by atomic mass is 16.6. The van der Waals surface area contributed by atoms with Crippen LogP contribution in [0.2, 0.25) is 0 Å². The molecule has 0 rings (SSSR count). The second kappa shape index (κ2) is 4.55. The average molecular weight is 156 g/mol. The summed E-state index contributed by atoms with van der Waals surface area (Å²) in [7, 11) is 2.71. The van der Waals surface area contributed by atoms with E-state index in [1.807, 2.05) is 0 Å². The lowest BCUT2D eigenvalue weighted by molar-refractivity contribution is -0.139. The SMILES string of the molecule is C=C(C)C=C(OC)C(=O)OC. The average Bonchev–Trinajstić information content (AvgIpc) is 1.98. The first-order chi connectivity index (χ1) is 5.11. The van der Waals surface area contributed by atoms with Crippen molar-refractivity contribution in [1.29, 1.82) is 0 Å². The summed E-state index contributed by atoms with van der Waals surface area (Å²) >= 11 is 0. The van der Waals surface area contributed by atoms with Gasteiger partial charge in [0, 0.05) is 0 Å².